The lowest BCUT2D eigenvalue weighted by Crippen LogP contribution is -2.63. The van der Waals surface area contributed by atoms with E-state index in [1.54, 1.807) is 24.5 Å². The van der Waals surface area contributed by atoms with Crippen LogP contribution in [0.25, 0.3) is 11.4 Å². The molecule has 0 bridgehead atoms. The average molecular weight is 1120 g/mol. The molecule has 2 aromatic carbocycles. The minimum atomic E-state index is -5.19. The number of halogens is 8. The predicted molar refractivity (Wildman–Crippen MR) is 268 cm³/mol. The second-order valence-corrected chi connectivity index (χ2v) is 20.3. The number of hydrogen-bond acceptors (Lipinski definition) is 15. The molecule has 0 spiro atoms. The molecule has 6 atom stereocenters. The van der Waals surface area contributed by atoms with Gasteiger partial charge in [0.1, 0.15) is 23.7 Å². The average Bonchev–Trinajstić information content (AvgIpc) is 3.50. The lowest BCUT2D eigenvalue weighted by Gasteiger charge is -2.49. The van der Waals surface area contributed by atoms with E-state index in [2.05, 4.69) is 75.6 Å². The molecule has 0 saturated carbocycles. The molecular formula is C52H61F8N11O8. The molecule has 2 aromatic heterocycles. The summed E-state index contributed by atoms with van der Waals surface area (Å²) in [6, 6.07) is 3.28. The standard InChI is InChI=1S/C52H61F8N11O8/c1-29-24-71(30(2)23-70(29)35-27-79-28-35)46-63-21-33(22-64-46)15-12-31-10-13-32(14-11-31)18-39(65-44(73)41(66-47(75)77-7)49(3,4)51(55,56)57)40(72)26-69(68-45(74)42(67-48(76)78-8)50(5,6)52(58,59)60)25-36-37(53)19-34(20-38(36)54)43-61-16-9-17-62-43/h9-11,13-14,16-17,19-22,29-30,35,39-42,72H,18,23-28H2,1-8H3,(H,65,73)(H,66,75)(H,67,76)(H,68,74)/t29-,30-,39+,40+,41-,42-/m1/s1. The first-order chi connectivity index (χ1) is 37.0. The van der Waals surface area contributed by atoms with Crippen LogP contribution in [0.2, 0.25) is 0 Å². The van der Waals surface area contributed by atoms with Crippen molar-refractivity contribution >= 4 is 29.9 Å². The van der Waals surface area contributed by atoms with Crippen LogP contribution < -0.4 is 26.3 Å². The first-order valence-corrected chi connectivity index (χ1v) is 24.7. The third-order valence-electron chi connectivity index (χ3n) is 13.9. The Kier molecular flexibility index (Phi) is 19.5. The van der Waals surface area contributed by atoms with Crippen molar-refractivity contribution in [2.45, 2.75) is 109 Å². The van der Waals surface area contributed by atoms with E-state index < -0.39 is 108 Å². The van der Waals surface area contributed by atoms with Gasteiger partial charge < -0.3 is 40.2 Å². The number of carbonyl (C=O) groups excluding carboxylic acids is 4. The number of nitrogens with zero attached hydrogens (tertiary/aromatic N) is 7. The molecule has 0 aliphatic carbocycles. The predicted octanol–water partition coefficient (Wildman–Crippen LogP) is 5.46. The van der Waals surface area contributed by atoms with Gasteiger partial charge in [-0.15, -0.1) is 0 Å². The summed E-state index contributed by atoms with van der Waals surface area (Å²) >= 11 is 0. The number of ether oxygens (including phenoxy) is 3. The van der Waals surface area contributed by atoms with Crippen molar-refractivity contribution in [2.24, 2.45) is 10.8 Å². The molecule has 19 nitrogen and oxygen atoms in total. The summed E-state index contributed by atoms with van der Waals surface area (Å²) in [6.45, 7) is 7.44. The minimum Gasteiger partial charge on any atom is -0.453 e. The molecule has 5 N–H and O–H groups in total. The van der Waals surface area contributed by atoms with Gasteiger partial charge in [-0.2, -0.15) is 26.3 Å². The number of amides is 4. The van der Waals surface area contributed by atoms with Crippen molar-refractivity contribution in [3.05, 3.63) is 101 Å². The van der Waals surface area contributed by atoms with E-state index in [0.29, 0.717) is 81.1 Å². The van der Waals surface area contributed by atoms with Crippen LogP contribution in [0.3, 0.4) is 0 Å². The summed E-state index contributed by atoms with van der Waals surface area (Å²) in [5, 5.41) is 18.7. The van der Waals surface area contributed by atoms with Crippen LogP contribution >= 0.6 is 0 Å². The minimum absolute atomic E-state index is 0.101. The normalized spacial score (nSPS) is 18.0. The van der Waals surface area contributed by atoms with Gasteiger partial charge in [-0.25, -0.2) is 43.3 Å². The topological polar surface area (TPSA) is 226 Å². The SMILES string of the molecule is COC(=O)N[C@H](C(=O)N[C@@H](Cc1ccc(C#Cc2cnc(N3C[C@@H](C)N(C4COC4)C[C@H]3C)nc2)cc1)[C@@H](O)CN(Cc1c(F)cc(-c2ncccn2)cc1F)NC(=O)[C@@H](NC(=O)OC)C(C)(C)C(F)(F)F)C(C)(C)C(F)(F)F. The Balaban J connectivity index is 1.32. The Morgan fingerprint density at radius 3 is 1.81 bits per heavy atom. The highest BCUT2D eigenvalue weighted by atomic mass is 19.4. The molecule has 6 rings (SSSR count). The maximum absolute atomic E-state index is 16.0. The van der Waals surface area contributed by atoms with Gasteiger partial charge in [-0.1, -0.05) is 24.0 Å². The first-order valence-electron chi connectivity index (χ1n) is 24.7. The second-order valence-electron chi connectivity index (χ2n) is 20.3. The van der Waals surface area contributed by atoms with Crippen LogP contribution in [-0.4, -0.2) is 161 Å². The number of alkyl carbamates (subject to hydrolysis) is 2. The van der Waals surface area contributed by atoms with E-state index >= 15 is 8.78 Å². The number of hydrazine groups is 1. The summed E-state index contributed by atoms with van der Waals surface area (Å²) in [5.41, 5.74) is -3.75. The zero-order valence-corrected chi connectivity index (χ0v) is 44.3. The summed E-state index contributed by atoms with van der Waals surface area (Å²) in [4.78, 5) is 74.5. The largest absolute Gasteiger partial charge is 0.453 e. The van der Waals surface area contributed by atoms with Gasteiger partial charge in [0.25, 0.3) is 5.91 Å². The number of rotatable bonds is 18. The highest BCUT2D eigenvalue weighted by Crippen LogP contribution is 2.42. The summed E-state index contributed by atoms with van der Waals surface area (Å²) in [7, 11) is 1.65. The van der Waals surface area contributed by atoms with E-state index in [9.17, 15) is 50.6 Å². The summed E-state index contributed by atoms with van der Waals surface area (Å²) in [5.74, 6) is 0.696. The monoisotopic (exact) mass is 1120 g/mol. The van der Waals surface area contributed by atoms with Crippen LogP contribution in [0.4, 0.5) is 50.7 Å². The molecule has 2 aliphatic rings. The third kappa shape index (κ3) is 14.9. The highest BCUT2D eigenvalue weighted by Gasteiger charge is 2.57. The van der Waals surface area contributed by atoms with Crippen molar-refractivity contribution in [3.8, 4) is 23.2 Å². The fourth-order valence-corrected chi connectivity index (χ4v) is 8.64. The fourth-order valence-electron chi connectivity index (χ4n) is 8.64. The van der Waals surface area contributed by atoms with Gasteiger partial charge in [0.2, 0.25) is 11.9 Å². The van der Waals surface area contributed by atoms with Gasteiger partial charge in [0.15, 0.2) is 5.82 Å². The van der Waals surface area contributed by atoms with Gasteiger partial charge >= 0.3 is 24.5 Å². The second kappa shape index (κ2) is 25.2. The van der Waals surface area contributed by atoms with Gasteiger partial charge in [0.05, 0.1) is 62.0 Å². The smallest absolute Gasteiger partial charge is 0.407 e. The number of benzene rings is 2. The van der Waals surface area contributed by atoms with Crippen LogP contribution in [0.15, 0.2) is 67.3 Å². The quantitative estimate of drug-likeness (QED) is 0.0474. The number of aromatic nitrogens is 4. The lowest BCUT2D eigenvalue weighted by molar-refractivity contribution is -0.221. The molecule has 0 radical (unpaired) electrons. The van der Waals surface area contributed by atoms with E-state index in [-0.39, 0.29) is 23.5 Å². The molecule has 2 aliphatic heterocycles. The number of alkyl halides is 6. The zero-order valence-electron chi connectivity index (χ0n) is 44.3. The molecule has 4 amide bonds. The molecule has 428 valence electrons. The van der Waals surface area contributed by atoms with Gasteiger partial charge in [-0.3, -0.25) is 19.9 Å². The summed E-state index contributed by atoms with van der Waals surface area (Å²) < 4.78 is 134. The number of aliphatic hydroxyl groups is 1. The first kappa shape index (κ1) is 60.9. The van der Waals surface area contributed by atoms with Crippen LogP contribution in [0.1, 0.15) is 63.8 Å². The third-order valence-corrected chi connectivity index (χ3v) is 13.9. The number of nitrogens with one attached hydrogen (secondary N) is 4. The number of methoxy groups -OCH3 is 2. The van der Waals surface area contributed by atoms with E-state index in [4.69, 9.17) is 4.74 Å². The van der Waals surface area contributed by atoms with Crippen molar-refractivity contribution in [1.29, 1.82) is 0 Å². The zero-order chi connectivity index (χ0) is 58.2. The molecule has 0 unspecified atom stereocenters. The number of carbonyl (C=O) groups is 4. The number of aliphatic hydroxyl groups excluding tert-OH is 1. The molecule has 27 heteroatoms. The maximum atomic E-state index is 16.0. The molecule has 2 fully saturated rings. The van der Waals surface area contributed by atoms with Gasteiger partial charge in [0, 0.05) is 79.7 Å². The Morgan fingerprint density at radius 1 is 0.772 bits per heavy atom. The molecule has 2 saturated heterocycles. The Bertz CT molecular complexity index is 2810. The Morgan fingerprint density at radius 2 is 1.30 bits per heavy atom. The van der Waals surface area contributed by atoms with Crippen LogP contribution in [-0.2, 0) is 36.8 Å². The Hall–Kier alpha value is -7.28. The van der Waals surface area contributed by atoms with Crippen molar-refractivity contribution in [3.63, 3.8) is 0 Å². The van der Waals surface area contributed by atoms with Crippen LogP contribution in [0.5, 0.6) is 0 Å². The Labute approximate surface area is 450 Å². The van der Waals surface area contributed by atoms with E-state index in [1.807, 2.05) is 10.6 Å². The number of hydrogen-bond donors (Lipinski definition) is 5. The van der Waals surface area contributed by atoms with E-state index in [0.717, 1.165) is 32.9 Å². The van der Waals surface area contributed by atoms with E-state index in [1.165, 1.54) is 30.6 Å². The molecular weight excluding hydrogens is 1060 g/mol. The van der Waals surface area contributed by atoms with Crippen molar-refractivity contribution in [2.75, 3.05) is 52.0 Å². The van der Waals surface area contributed by atoms with Gasteiger partial charge in [-0.05, 0) is 83.9 Å². The van der Waals surface area contributed by atoms with Crippen molar-refractivity contribution in [1.82, 2.24) is 51.2 Å². The highest BCUT2D eigenvalue weighted by molar-refractivity contribution is 5.87. The number of anilines is 1. The fraction of sp³-hybridized carbons (Fsp3) is 0.500. The molecule has 4 aromatic rings. The summed E-state index contributed by atoms with van der Waals surface area (Å²) in [6.07, 6.45) is -10.0. The number of piperazine rings is 1. The van der Waals surface area contributed by atoms with Crippen molar-refractivity contribution < 1.29 is 73.6 Å². The van der Waals surface area contributed by atoms with Crippen LogP contribution in [0, 0.1) is 34.3 Å². The maximum Gasteiger partial charge on any atom is 0.407 e. The molecule has 4 heterocycles. The molecule has 79 heavy (non-hydrogen) atoms. The lowest BCUT2D eigenvalue weighted by atomic mass is 9.82.